The number of thioether (sulfide) groups is 1. The standard InChI is InChI=1S/C24H30N6O7S2/c1-24(2,22(35)36)37-28-15(14-12-39-23(25)26-14)18(31)27-16-19(32)29-17(21(33)34)13(11-38-20(16)29)7-6-10-30(3)8-4-5-9-30/h6-7,12,16,20H,4-5,8-11H2,1-3H3,(H4-,25,26,27,31,33,34,35,36)/b7-6?,28-15-/t16?,20-/m1/s1. The highest BCUT2D eigenvalue weighted by Gasteiger charge is 2.53. The predicted octanol–water partition coefficient (Wildman–Crippen LogP) is -0.490. The van der Waals surface area contributed by atoms with Crippen molar-refractivity contribution in [1.82, 2.24) is 15.2 Å². The van der Waals surface area contributed by atoms with Gasteiger partial charge < -0.3 is 35.4 Å². The van der Waals surface area contributed by atoms with Crippen molar-refractivity contribution in [2.45, 2.75) is 43.7 Å². The highest BCUT2D eigenvalue weighted by Crippen LogP contribution is 2.40. The van der Waals surface area contributed by atoms with Crippen LogP contribution in [0.2, 0.25) is 0 Å². The average Bonchev–Trinajstić information content (AvgIpc) is 3.50. The molecule has 3 aliphatic heterocycles. The Morgan fingerprint density at radius 3 is 2.67 bits per heavy atom. The number of aliphatic carboxylic acids is 2. The van der Waals surface area contributed by atoms with E-state index in [1.807, 2.05) is 6.08 Å². The maximum absolute atomic E-state index is 13.2. The number of carboxylic acid groups (broad SMARTS) is 2. The van der Waals surface area contributed by atoms with Gasteiger partial charge >= 0.3 is 5.97 Å². The molecule has 4 N–H and O–H groups in total. The second-order valence-electron chi connectivity index (χ2n) is 10.3. The maximum Gasteiger partial charge on any atom is 0.350 e. The summed E-state index contributed by atoms with van der Waals surface area (Å²) in [6, 6.07) is -1.05. The van der Waals surface area contributed by atoms with Gasteiger partial charge in [-0.1, -0.05) is 11.2 Å². The molecule has 15 heteroatoms. The van der Waals surface area contributed by atoms with Crippen LogP contribution in [0.1, 0.15) is 32.4 Å². The van der Waals surface area contributed by atoms with E-state index in [1.165, 1.54) is 31.0 Å². The van der Waals surface area contributed by atoms with Crippen LogP contribution in [-0.2, 0) is 24.0 Å². The lowest BCUT2D eigenvalue weighted by Gasteiger charge is -2.50. The van der Waals surface area contributed by atoms with Gasteiger partial charge in [-0.25, -0.2) is 9.78 Å². The lowest BCUT2D eigenvalue weighted by atomic mass is 10.0. The predicted molar refractivity (Wildman–Crippen MR) is 142 cm³/mol. The molecule has 2 saturated heterocycles. The Morgan fingerprint density at radius 2 is 2.08 bits per heavy atom. The molecule has 1 aromatic rings. The number of nitrogens with one attached hydrogen (secondary N) is 1. The number of fused-ring (bicyclic) bond motifs is 1. The van der Waals surface area contributed by atoms with E-state index in [0.717, 1.165) is 53.2 Å². The van der Waals surface area contributed by atoms with E-state index in [4.69, 9.17) is 10.6 Å². The molecule has 13 nitrogen and oxygen atoms in total. The summed E-state index contributed by atoms with van der Waals surface area (Å²) < 4.78 is 0.888. The monoisotopic (exact) mass is 578 g/mol. The van der Waals surface area contributed by atoms with Crippen molar-refractivity contribution in [2.75, 3.05) is 38.2 Å². The number of likely N-dealkylation sites (N-methyl/N-ethyl adjacent to an activating group) is 1. The van der Waals surface area contributed by atoms with Crippen LogP contribution in [0, 0.1) is 0 Å². The van der Waals surface area contributed by atoms with E-state index < -0.39 is 40.8 Å². The zero-order valence-corrected chi connectivity index (χ0v) is 23.3. The zero-order chi connectivity index (χ0) is 28.5. The van der Waals surface area contributed by atoms with Crippen molar-refractivity contribution in [3.63, 3.8) is 0 Å². The van der Waals surface area contributed by atoms with E-state index in [2.05, 4.69) is 22.5 Å². The topological polar surface area (TPSA) is 187 Å². The summed E-state index contributed by atoms with van der Waals surface area (Å²) in [4.78, 5) is 59.9. The number of carbonyl (C=O) groups excluding carboxylic acids is 3. The number of hydrogen-bond acceptors (Lipinski definition) is 11. The number of rotatable bonds is 10. The molecule has 39 heavy (non-hydrogen) atoms. The smallest absolute Gasteiger partial charge is 0.350 e. The molecule has 210 valence electrons. The number of carbonyl (C=O) groups is 4. The van der Waals surface area contributed by atoms with Gasteiger partial charge in [0.05, 0.1) is 38.3 Å². The first-order valence-electron chi connectivity index (χ1n) is 12.2. The Morgan fingerprint density at radius 1 is 1.38 bits per heavy atom. The Balaban J connectivity index is 1.51. The largest absolute Gasteiger partial charge is 0.543 e. The number of allylic oxidation sites excluding steroid dienone is 1. The minimum absolute atomic E-state index is 0.0354. The molecule has 1 unspecified atom stereocenters. The van der Waals surface area contributed by atoms with E-state index >= 15 is 0 Å². The summed E-state index contributed by atoms with van der Waals surface area (Å²) in [5, 5.41) is 28.5. The van der Waals surface area contributed by atoms with Crippen molar-refractivity contribution in [3.8, 4) is 0 Å². The Bertz CT molecular complexity index is 1280. The van der Waals surface area contributed by atoms with Crippen molar-refractivity contribution in [2.24, 2.45) is 5.16 Å². The van der Waals surface area contributed by atoms with Gasteiger partial charge in [-0.3, -0.25) is 14.5 Å². The number of likely N-dealkylation sites (tertiary alicyclic amines) is 1. The van der Waals surface area contributed by atoms with Gasteiger partial charge in [0.2, 0.25) is 5.60 Å². The first kappa shape index (κ1) is 28.6. The van der Waals surface area contributed by atoms with Crippen LogP contribution >= 0.6 is 23.1 Å². The zero-order valence-electron chi connectivity index (χ0n) is 21.7. The number of oxime groups is 1. The van der Waals surface area contributed by atoms with E-state index in [9.17, 15) is 29.4 Å². The molecule has 0 spiro atoms. The Kier molecular flexibility index (Phi) is 8.04. The average molecular weight is 579 g/mol. The summed E-state index contributed by atoms with van der Waals surface area (Å²) in [7, 11) is 2.16. The number of carboxylic acids is 2. The molecule has 4 rings (SSSR count). The number of amides is 2. The van der Waals surface area contributed by atoms with Gasteiger partial charge in [-0.15, -0.1) is 23.1 Å². The van der Waals surface area contributed by atoms with Gasteiger partial charge in [0.15, 0.2) is 10.8 Å². The van der Waals surface area contributed by atoms with Gasteiger partial charge in [0.25, 0.3) is 11.8 Å². The molecular formula is C24H30N6O7S2. The quantitative estimate of drug-likeness (QED) is 0.141. The van der Waals surface area contributed by atoms with Crippen LogP contribution in [0.4, 0.5) is 5.13 Å². The molecule has 1 aromatic heterocycles. The third-order valence-electron chi connectivity index (χ3n) is 6.85. The number of quaternary nitrogens is 1. The minimum Gasteiger partial charge on any atom is -0.543 e. The molecule has 3 aliphatic rings. The lowest BCUT2D eigenvalue weighted by molar-refractivity contribution is -0.891. The fourth-order valence-corrected chi connectivity index (χ4v) is 6.37. The van der Waals surface area contributed by atoms with E-state index in [0.29, 0.717) is 11.3 Å². The number of thiazole rings is 1. The number of nitrogens with zero attached hydrogens (tertiary/aromatic N) is 4. The number of nitrogen functional groups attached to an aromatic ring is 1. The SMILES string of the molecule is CC(C)(O/N=C(\C(=O)NC1C(=O)N2C(C(=O)[O-])=C(C=CC[N+]3(C)CCCC3)CS[C@H]12)c1csc(N)n1)C(=O)O. The molecule has 2 atom stereocenters. The van der Waals surface area contributed by atoms with Crippen LogP contribution in [0.3, 0.4) is 0 Å². The number of hydrogen-bond donors (Lipinski definition) is 3. The lowest BCUT2D eigenvalue weighted by Crippen LogP contribution is -2.71. The summed E-state index contributed by atoms with van der Waals surface area (Å²) in [5.41, 5.74) is 3.86. The summed E-state index contributed by atoms with van der Waals surface area (Å²) in [6.45, 7) is 5.40. The van der Waals surface area contributed by atoms with Gasteiger partial charge in [-0.05, 0) is 25.5 Å². The van der Waals surface area contributed by atoms with Crippen molar-refractivity contribution < 1.29 is 38.7 Å². The second-order valence-corrected chi connectivity index (χ2v) is 12.3. The first-order valence-corrected chi connectivity index (χ1v) is 14.2. The molecule has 4 heterocycles. The third kappa shape index (κ3) is 5.94. The van der Waals surface area contributed by atoms with Gasteiger partial charge in [-0.2, -0.15) is 0 Å². The minimum atomic E-state index is -1.75. The van der Waals surface area contributed by atoms with Gasteiger partial charge in [0, 0.05) is 24.0 Å². The van der Waals surface area contributed by atoms with Crippen molar-refractivity contribution in [1.29, 1.82) is 0 Å². The van der Waals surface area contributed by atoms with E-state index in [-0.39, 0.29) is 22.2 Å². The fraction of sp³-hybridized carbons (Fsp3) is 0.500. The van der Waals surface area contributed by atoms with Crippen LogP contribution < -0.4 is 16.2 Å². The number of anilines is 1. The molecule has 0 radical (unpaired) electrons. The number of nitrogens with two attached hydrogens (primary N) is 1. The van der Waals surface area contributed by atoms with Gasteiger partial charge in [0.1, 0.15) is 17.1 Å². The van der Waals surface area contributed by atoms with Crippen LogP contribution in [0.25, 0.3) is 0 Å². The molecule has 0 aromatic carbocycles. The number of β-lactam (4-membered cyclic amide) rings is 1. The molecule has 0 aliphatic carbocycles. The van der Waals surface area contributed by atoms with E-state index in [1.54, 1.807) is 6.08 Å². The van der Waals surface area contributed by atoms with Crippen LogP contribution in [0.15, 0.2) is 34.0 Å². The first-order chi connectivity index (χ1) is 18.3. The normalized spacial score (nSPS) is 23.0. The maximum atomic E-state index is 13.2. The van der Waals surface area contributed by atoms with Crippen LogP contribution in [-0.4, -0.2) is 98.4 Å². The van der Waals surface area contributed by atoms with Crippen molar-refractivity contribution >= 4 is 57.7 Å². The number of aromatic nitrogens is 1. The van der Waals surface area contributed by atoms with Crippen molar-refractivity contribution in [3.05, 3.63) is 34.5 Å². The van der Waals surface area contributed by atoms with Crippen LogP contribution in [0.5, 0.6) is 0 Å². The molecule has 0 bridgehead atoms. The highest BCUT2D eigenvalue weighted by atomic mass is 32.2. The fourth-order valence-electron chi connectivity index (χ4n) is 4.50. The molecular weight excluding hydrogens is 548 g/mol. The third-order valence-corrected chi connectivity index (χ3v) is 8.82. The Hall–Kier alpha value is -3.43. The molecule has 2 fully saturated rings. The second kappa shape index (κ2) is 11.0. The molecule has 2 amide bonds. The summed E-state index contributed by atoms with van der Waals surface area (Å²) >= 11 is 2.35. The highest BCUT2D eigenvalue weighted by molar-refractivity contribution is 8.00. The Labute approximate surface area is 232 Å². The summed E-state index contributed by atoms with van der Waals surface area (Å²) in [6.07, 6.45) is 6.01. The molecule has 0 saturated carbocycles. The summed E-state index contributed by atoms with van der Waals surface area (Å²) in [5.74, 6) is -3.94.